The van der Waals surface area contributed by atoms with Crippen molar-refractivity contribution in [1.29, 1.82) is 0 Å². The topological polar surface area (TPSA) is 38.9 Å². The second-order valence-corrected chi connectivity index (χ2v) is 4.88. The molecule has 0 saturated carbocycles. The van der Waals surface area contributed by atoms with Gasteiger partial charge in [-0.25, -0.2) is 4.98 Å². The highest BCUT2D eigenvalue weighted by molar-refractivity contribution is 9.10. The molecule has 2 aromatic rings. The summed E-state index contributed by atoms with van der Waals surface area (Å²) in [5.41, 5.74) is 6.39. The lowest BCUT2D eigenvalue weighted by atomic mass is 10.3. The Balaban J connectivity index is 2.22. The third-order valence-corrected chi connectivity index (χ3v) is 3.75. The van der Waals surface area contributed by atoms with Gasteiger partial charge in [0.1, 0.15) is 5.03 Å². The summed E-state index contributed by atoms with van der Waals surface area (Å²) in [7, 11) is 0. The molecule has 4 heteroatoms. The third-order valence-electron chi connectivity index (χ3n) is 1.82. The van der Waals surface area contributed by atoms with Gasteiger partial charge in [-0.3, -0.25) is 0 Å². The number of nitrogen functional groups attached to an aromatic ring is 1. The molecule has 76 valence electrons. The zero-order valence-corrected chi connectivity index (χ0v) is 10.3. The first-order valence-corrected chi connectivity index (χ1v) is 6.00. The van der Waals surface area contributed by atoms with Gasteiger partial charge in [-0.2, -0.15) is 0 Å². The first-order chi connectivity index (χ1) is 7.25. The van der Waals surface area contributed by atoms with Crippen LogP contribution in [0.25, 0.3) is 0 Å². The van der Waals surface area contributed by atoms with E-state index in [1.807, 2.05) is 36.4 Å². The molecule has 0 saturated heterocycles. The van der Waals surface area contributed by atoms with Crippen LogP contribution in [0.2, 0.25) is 0 Å². The van der Waals surface area contributed by atoms with E-state index < -0.39 is 0 Å². The fraction of sp³-hybridized carbons (Fsp3) is 0. The summed E-state index contributed by atoms with van der Waals surface area (Å²) in [4.78, 5) is 5.41. The first-order valence-electron chi connectivity index (χ1n) is 4.39. The molecule has 0 unspecified atom stereocenters. The SMILES string of the molecule is Nc1ccc(Sc2ncccc2Br)cc1. The molecule has 0 bridgehead atoms. The highest BCUT2D eigenvalue weighted by atomic mass is 79.9. The lowest BCUT2D eigenvalue weighted by Gasteiger charge is -2.02. The summed E-state index contributed by atoms with van der Waals surface area (Å²) in [5.74, 6) is 0. The molecule has 2 N–H and O–H groups in total. The van der Waals surface area contributed by atoms with Crippen LogP contribution in [0.3, 0.4) is 0 Å². The fourth-order valence-corrected chi connectivity index (χ4v) is 2.37. The molecule has 1 aromatic carbocycles. The Bertz CT molecular complexity index is 456. The van der Waals surface area contributed by atoms with E-state index in [0.717, 1.165) is 20.1 Å². The maximum Gasteiger partial charge on any atom is 0.115 e. The van der Waals surface area contributed by atoms with Gasteiger partial charge in [-0.15, -0.1) is 0 Å². The van der Waals surface area contributed by atoms with Crippen LogP contribution in [-0.2, 0) is 0 Å². The van der Waals surface area contributed by atoms with Crippen molar-refractivity contribution in [3.63, 3.8) is 0 Å². The smallest absolute Gasteiger partial charge is 0.115 e. The van der Waals surface area contributed by atoms with Crippen molar-refractivity contribution in [3.8, 4) is 0 Å². The lowest BCUT2D eigenvalue weighted by molar-refractivity contribution is 1.11. The monoisotopic (exact) mass is 280 g/mol. The first kappa shape index (κ1) is 10.5. The van der Waals surface area contributed by atoms with Crippen molar-refractivity contribution in [2.45, 2.75) is 9.92 Å². The maximum atomic E-state index is 5.62. The number of rotatable bonds is 2. The van der Waals surface area contributed by atoms with Crippen LogP contribution >= 0.6 is 27.7 Å². The molecule has 2 rings (SSSR count). The van der Waals surface area contributed by atoms with Gasteiger partial charge in [-0.05, 0) is 52.3 Å². The fourth-order valence-electron chi connectivity index (χ4n) is 1.09. The molecule has 0 amide bonds. The summed E-state index contributed by atoms with van der Waals surface area (Å²) < 4.78 is 1.01. The van der Waals surface area contributed by atoms with Crippen LogP contribution in [0.15, 0.2) is 57.0 Å². The van der Waals surface area contributed by atoms with Gasteiger partial charge in [0.05, 0.1) is 4.47 Å². The highest BCUT2D eigenvalue weighted by Crippen LogP contribution is 2.31. The zero-order valence-electron chi connectivity index (χ0n) is 7.85. The summed E-state index contributed by atoms with van der Waals surface area (Å²) in [6, 6.07) is 11.6. The highest BCUT2D eigenvalue weighted by Gasteiger charge is 2.02. The molecular formula is C11H9BrN2S. The van der Waals surface area contributed by atoms with Gasteiger partial charge in [-0.1, -0.05) is 11.8 Å². The number of pyridine rings is 1. The van der Waals surface area contributed by atoms with E-state index in [-0.39, 0.29) is 0 Å². The minimum Gasteiger partial charge on any atom is -0.399 e. The van der Waals surface area contributed by atoms with Crippen LogP contribution in [0.4, 0.5) is 5.69 Å². The molecule has 0 aliphatic carbocycles. The zero-order chi connectivity index (χ0) is 10.7. The molecule has 0 fully saturated rings. The van der Waals surface area contributed by atoms with Gasteiger partial charge >= 0.3 is 0 Å². The summed E-state index contributed by atoms with van der Waals surface area (Å²) in [5, 5.41) is 0.960. The number of halogens is 1. The number of benzene rings is 1. The second-order valence-electron chi connectivity index (χ2n) is 2.96. The molecule has 1 heterocycles. The van der Waals surface area contributed by atoms with E-state index in [1.54, 1.807) is 18.0 Å². The van der Waals surface area contributed by atoms with Crippen LogP contribution in [-0.4, -0.2) is 4.98 Å². The standard InChI is InChI=1S/C11H9BrN2S/c12-10-2-1-7-14-11(10)15-9-5-3-8(13)4-6-9/h1-7H,13H2. The van der Waals surface area contributed by atoms with E-state index >= 15 is 0 Å². The largest absolute Gasteiger partial charge is 0.399 e. The van der Waals surface area contributed by atoms with E-state index in [0.29, 0.717) is 0 Å². The normalized spacial score (nSPS) is 10.2. The molecule has 0 aliphatic heterocycles. The number of nitrogens with two attached hydrogens (primary N) is 1. The number of hydrogen-bond acceptors (Lipinski definition) is 3. The van der Waals surface area contributed by atoms with Gasteiger partial charge in [0.15, 0.2) is 0 Å². The van der Waals surface area contributed by atoms with Gasteiger partial charge in [0.25, 0.3) is 0 Å². The number of hydrogen-bond donors (Lipinski definition) is 1. The van der Waals surface area contributed by atoms with E-state index in [1.165, 1.54) is 0 Å². The van der Waals surface area contributed by atoms with Crippen molar-refractivity contribution < 1.29 is 0 Å². The Hall–Kier alpha value is -1.00. The number of aromatic nitrogens is 1. The predicted octanol–water partition coefficient (Wildman–Crippen LogP) is 3.58. The molecule has 2 nitrogen and oxygen atoms in total. The summed E-state index contributed by atoms with van der Waals surface area (Å²) in [6.07, 6.45) is 1.78. The Kier molecular flexibility index (Phi) is 3.28. The van der Waals surface area contributed by atoms with Crippen LogP contribution in [0.1, 0.15) is 0 Å². The Labute approximate surface area is 101 Å². The van der Waals surface area contributed by atoms with E-state index in [4.69, 9.17) is 5.73 Å². The molecular weight excluding hydrogens is 272 g/mol. The molecule has 0 aliphatic rings. The Morgan fingerprint density at radius 2 is 1.87 bits per heavy atom. The average Bonchev–Trinajstić information content (AvgIpc) is 2.25. The van der Waals surface area contributed by atoms with Crippen molar-refractivity contribution in [2.24, 2.45) is 0 Å². The number of anilines is 1. The Morgan fingerprint density at radius 1 is 1.13 bits per heavy atom. The van der Waals surface area contributed by atoms with Gasteiger partial charge in [0.2, 0.25) is 0 Å². The van der Waals surface area contributed by atoms with Crippen LogP contribution in [0, 0.1) is 0 Å². The third kappa shape index (κ3) is 2.73. The minimum absolute atomic E-state index is 0.777. The van der Waals surface area contributed by atoms with E-state index in [2.05, 4.69) is 20.9 Å². The summed E-state index contributed by atoms with van der Waals surface area (Å²) >= 11 is 5.07. The lowest BCUT2D eigenvalue weighted by Crippen LogP contribution is -1.84. The van der Waals surface area contributed by atoms with Crippen molar-refractivity contribution >= 4 is 33.4 Å². The van der Waals surface area contributed by atoms with Crippen molar-refractivity contribution in [1.82, 2.24) is 4.98 Å². The van der Waals surface area contributed by atoms with Gasteiger partial charge in [0, 0.05) is 16.8 Å². The Morgan fingerprint density at radius 3 is 2.53 bits per heavy atom. The molecule has 0 atom stereocenters. The molecule has 15 heavy (non-hydrogen) atoms. The predicted molar refractivity (Wildman–Crippen MR) is 66.9 cm³/mol. The average molecular weight is 281 g/mol. The van der Waals surface area contributed by atoms with E-state index in [9.17, 15) is 0 Å². The molecule has 0 spiro atoms. The van der Waals surface area contributed by atoms with Crippen molar-refractivity contribution in [2.75, 3.05) is 5.73 Å². The molecule has 1 aromatic heterocycles. The minimum atomic E-state index is 0.777. The van der Waals surface area contributed by atoms with Gasteiger partial charge < -0.3 is 5.73 Å². The summed E-state index contributed by atoms with van der Waals surface area (Å²) in [6.45, 7) is 0. The van der Waals surface area contributed by atoms with Crippen LogP contribution in [0.5, 0.6) is 0 Å². The molecule has 0 radical (unpaired) electrons. The van der Waals surface area contributed by atoms with Crippen LogP contribution < -0.4 is 5.73 Å². The second kappa shape index (κ2) is 4.68. The maximum absolute atomic E-state index is 5.62. The van der Waals surface area contributed by atoms with Crippen molar-refractivity contribution in [3.05, 3.63) is 47.1 Å². The number of nitrogens with zero attached hydrogens (tertiary/aromatic N) is 1. The quantitative estimate of drug-likeness (QED) is 0.855.